The molecule has 0 aliphatic rings. The summed E-state index contributed by atoms with van der Waals surface area (Å²) >= 11 is 0. The van der Waals surface area contributed by atoms with Gasteiger partial charge in [0.25, 0.3) is 0 Å². The van der Waals surface area contributed by atoms with Gasteiger partial charge in [0.1, 0.15) is 0 Å². The summed E-state index contributed by atoms with van der Waals surface area (Å²) in [6, 6.07) is 0. The Labute approximate surface area is 70.6 Å². The van der Waals surface area contributed by atoms with Crippen molar-refractivity contribution in [3.63, 3.8) is 0 Å². The van der Waals surface area contributed by atoms with Crippen LogP contribution in [-0.2, 0) is 19.5 Å². The zero-order chi connectivity index (χ0) is 0. The van der Waals surface area contributed by atoms with Crippen LogP contribution in [0.4, 0.5) is 0 Å². The molecular weight excluding hydrogens is 190 g/mol. The quantitative estimate of drug-likeness (QED) is 0.352. The Kier molecular flexibility index (Phi) is 2190. The third-order valence-corrected chi connectivity index (χ3v) is 0. The van der Waals surface area contributed by atoms with Crippen molar-refractivity contribution in [3.05, 3.63) is 0 Å². The van der Waals surface area contributed by atoms with Crippen LogP contribution >= 0.6 is 0 Å². The number of hydrogen-bond acceptors (Lipinski definition) is 1. The first-order chi connectivity index (χ1) is 0. The largest absolute Gasteiger partial charge is 1.00 e. The van der Waals surface area contributed by atoms with E-state index in [9.17, 15) is 0 Å². The minimum Gasteiger partial charge on any atom is -0.870 e. The third kappa shape index (κ3) is 50.8. The van der Waals surface area contributed by atoms with E-state index >= 15 is 0 Å². The predicted octanol–water partition coefficient (Wildman–Crippen LogP) is -5.65. The van der Waals surface area contributed by atoms with Gasteiger partial charge in [-0.1, -0.05) is 0 Å². The molecule has 4 nitrogen and oxygen atoms in total. The Morgan fingerprint density at radius 3 is 0.667 bits per heavy atom. The summed E-state index contributed by atoms with van der Waals surface area (Å²) < 4.78 is 0. The van der Waals surface area contributed by atoms with E-state index in [2.05, 4.69) is 0 Å². The molecular formula is H7NaO4Rh. The van der Waals surface area contributed by atoms with Gasteiger partial charge in [0.15, 0.2) is 0 Å². The van der Waals surface area contributed by atoms with Crippen molar-refractivity contribution < 1.29 is 70.9 Å². The molecule has 0 rings (SSSR count). The van der Waals surface area contributed by atoms with Crippen LogP contribution < -0.4 is 29.6 Å². The molecule has 0 saturated carbocycles. The van der Waals surface area contributed by atoms with Gasteiger partial charge in [0.05, 0.1) is 0 Å². The molecule has 41 valence electrons. The van der Waals surface area contributed by atoms with Crippen molar-refractivity contribution in [2.45, 2.75) is 0 Å². The Balaban J connectivity index is 0. The first-order valence-corrected chi connectivity index (χ1v) is 0. The maximum absolute atomic E-state index is 0. The second kappa shape index (κ2) is 90.1. The first-order valence-electron chi connectivity index (χ1n) is 0. The van der Waals surface area contributed by atoms with Crippen molar-refractivity contribution in [3.8, 4) is 0 Å². The van der Waals surface area contributed by atoms with Crippen LogP contribution in [0, 0.1) is 0 Å². The van der Waals surface area contributed by atoms with Gasteiger partial charge in [-0.15, -0.1) is 0 Å². The molecule has 0 amide bonds. The van der Waals surface area contributed by atoms with Crippen LogP contribution in [0.15, 0.2) is 0 Å². The molecule has 0 aliphatic heterocycles. The van der Waals surface area contributed by atoms with E-state index in [1.807, 2.05) is 0 Å². The maximum atomic E-state index is 0. The average molecular weight is 197 g/mol. The van der Waals surface area contributed by atoms with Crippen molar-refractivity contribution in [1.82, 2.24) is 0 Å². The molecule has 0 heterocycles. The Morgan fingerprint density at radius 2 is 0.667 bits per heavy atom. The topological polar surface area (TPSA) is 124 Å². The van der Waals surface area contributed by atoms with E-state index in [1.165, 1.54) is 0 Å². The van der Waals surface area contributed by atoms with Crippen LogP contribution in [0.2, 0.25) is 0 Å². The fraction of sp³-hybridized carbons (Fsp3) is 0. The normalized spacial score (nSPS) is 0. The minimum absolute atomic E-state index is 0. The smallest absolute Gasteiger partial charge is 0.870 e. The van der Waals surface area contributed by atoms with Crippen molar-refractivity contribution >= 4 is 0 Å². The van der Waals surface area contributed by atoms with E-state index in [1.54, 1.807) is 0 Å². The molecule has 1 radical (unpaired) electrons. The second-order valence-corrected chi connectivity index (χ2v) is 0. The fourth-order valence-electron chi connectivity index (χ4n) is 0. The van der Waals surface area contributed by atoms with Crippen LogP contribution in [0.5, 0.6) is 0 Å². The van der Waals surface area contributed by atoms with Crippen molar-refractivity contribution in [2.24, 2.45) is 0 Å². The Morgan fingerprint density at radius 1 is 0.667 bits per heavy atom. The van der Waals surface area contributed by atoms with Gasteiger partial charge < -0.3 is 21.9 Å². The average Bonchev–Trinajstić information content (AvgIpc) is 0. The van der Waals surface area contributed by atoms with E-state index in [-0.39, 0.29) is 70.9 Å². The van der Waals surface area contributed by atoms with E-state index in [0.717, 1.165) is 0 Å². The molecule has 0 bridgehead atoms. The first kappa shape index (κ1) is 146. The molecule has 6 heavy (non-hydrogen) atoms. The van der Waals surface area contributed by atoms with Crippen molar-refractivity contribution in [1.29, 1.82) is 0 Å². The fourth-order valence-corrected chi connectivity index (χ4v) is 0. The van der Waals surface area contributed by atoms with Gasteiger partial charge >= 0.3 is 29.6 Å². The van der Waals surface area contributed by atoms with Crippen LogP contribution in [0.3, 0.4) is 0 Å². The number of rotatable bonds is 0. The summed E-state index contributed by atoms with van der Waals surface area (Å²) in [6.45, 7) is 0. The zero-order valence-corrected chi connectivity index (χ0v) is 6.92. The van der Waals surface area contributed by atoms with Gasteiger partial charge in [0, 0.05) is 19.5 Å². The molecule has 0 saturated heterocycles. The van der Waals surface area contributed by atoms with Gasteiger partial charge in [0.2, 0.25) is 0 Å². The van der Waals surface area contributed by atoms with Gasteiger partial charge in [-0.3, -0.25) is 0 Å². The Hall–Kier alpha value is 1.46. The van der Waals surface area contributed by atoms with Gasteiger partial charge in [-0.05, 0) is 0 Å². The zero-order valence-electron chi connectivity index (χ0n) is 3.28. The van der Waals surface area contributed by atoms with Gasteiger partial charge in [-0.25, -0.2) is 0 Å². The van der Waals surface area contributed by atoms with Crippen molar-refractivity contribution in [2.75, 3.05) is 0 Å². The second-order valence-electron chi connectivity index (χ2n) is 0. The summed E-state index contributed by atoms with van der Waals surface area (Å²) in [5.41, 5.74) is 0. The summed E-state index contributed by atoms with van der Waals surface area (Å²) in [4.78, 5) is 0. The molecule has 0 atom stereocenters. The van der Waals surface area contributed by atoms with Crippen LogP contribution in [0.1, 0.15) is 0 Å². The summed E-state index contributed by atoms with van der Waals surface area (Å²) in [5, 5.41) is 0. The molecule has 0 aliphatic carbocycles. The molecule has 7 N–H and O–H groups in total. The van der Waals surface area contributed by atoms with Gasteiger partial charge in [-0.2, -0.15) is 0 Å². The molecule has 0 aromatic carbocycles. The maximum Gasteiger partial charge on any atom is 1.00 e. The standard InChI is InChI=1S/Na.4H2O.Rh/h;4*1H2;/q+1;;;;;/p-1. The van der Waals surface area contributed by atoms with E-state index in [4.69, 9.17) is 0 Å². The minimum atomic E-state index is 0. The Bertz CT molecular complexity index is 7.51. The molecule has 0 unspecified atom stereocenters. The van der Waals surface area contributed by atoms with Crippen LogP contribution in [-0.4, -0.2) is 21.9 Å². The molecule has 6 heteroatoms. The third-order valence-electron chi connectivity index (χ3n) is 0. The van der Waals surface area contributed by atoms with E-state index in [0.29, 0.717) is 0 Å². The summed E-state index contributed by atoms with van der Waals surface area (Å²) in [6.07, 6.45) is 0. The SMILES string of the molecule is O.O.O.[Na+].[OH-].[Rh]. The monoisotopic (exact) mass is 197 g/mol. The summed E-state index contributed by atoms with van der Waals surface area (Å²) in [5.74, 6) is 0. The predicted molar refractivity (Wildman–Crippen MR) is 12.8 cm³/mol. The molecule has 0 aromatic heterocycles. The van der Waals surface area contributed by atoms with Crippen LogP contribution in [0.25, 0.3) is 0 Å². The molecule has 0 spiro atoms. The molecule has 0 fully saturated rings. The molecule has 0 aromatic rings. The van der Waals surface area contributed by atoms with E-state index < -0.39 is 0 Å². The number of hydrogen-bond donors (Lipinski definition) is 0. The summed E-state index contributed by atoms with van der Waals surface area (Å²) in [7, 11) is 0.